The average Bonchev–Trinajstić information content (AvgIpc) is 3.27. The fraction of sp³-hybridized carbons (Fsp3) is 0.725. The van der Waals surface area contributed by atoms with Gasteiger partial charge in [-0.15, -0.1) is 0 Å². The third-order valence-corrected chi connectivity index (χ3v) is 11.4. The standard InChI is InChI=1S/C40H57F10N5O12S2/c1-4-29(56)63-22-16-51-31(58)65-20-10-6-8-12-24-68-26-14-18-53-33(60)54(19-15-27-69-25-13-9-7-11-21-66-32(59)52-17-23-64-30(57)5-2)35(62)55(34(53)61)28-37(43,44)39(47,48)67-40(49,50)38(45,46)36(3,41)42/h4-5H,1-2,6-28H2,3H3,(H,51,58)(H,52,59). The number of halogens is 10. The molecule has 0 atom stereocenters. The van der Waals surface area contributed by atoms with Crippen molar-refractivity contribution in [2.45, 2.75) is 121 Å². The first-order valence-corrected chi connectivity index (χ1v) is 23.7. The van der Waals surface area contributed by atoms with Gasteiger partial charge in [0.1, 0.15) is 19.8 Å². The molecular formula is C40H57F10N5O12S2. The van der Waals surface area contributed by atoms with Gasteiger partial charge in [-0.3, -0.25) is 0 Å². The highest BCUT2D eigenvalue weighted by molar-refractivity contribution is 7.99. The summed E-state index contributed by atoms with van der Waals surface area (Å²) in [5.41, 5.74) is -5.08. The number of aromatic nitrogens is 3. The number of esters is 2. The molecular weight excluding hydrogens is 997 g/mol. The molecule has 0 saturated heterocycles. The third-order valence-electron chi connectivity index (χ3n) is 9.08. The van der Waals surface area contributed by atoms with Crippen molar-refractivity contribution in [2.24, 2.45) is 0 Å². The highest BCUT2D eigenvalue weighted by Crippen LogP contribution is 2.50. The van der Waals surface area contributed by atoms with Crippen LogP contribution in [0.25, 0.3) is 0 Å². The van der Waals surface area contributed by atoms with Gasteiger partial charge in [-0.1, -0.05) is 38.8 Å². The van der Waals surface area contributed by atoms with Gasteiger partial charge in [0.25, 0.3) is 0 Å². The molecule has 0 spiro atoms. The zero-order valence-corrected chi connectivity index (χ0v) is 39.3. The van der Waals surface area contributed by atoms with Crippen LogP contribution in [0.1, 0.15) is 71.1 Å². The molecule has 1 heterocycles. The summed E-state index contributed by atoms with van der Waals surface area (Å²) in [6.45, 7) is 1.92. The number of hydrogen-bond acceptors (Lipinski definition) is 14. The molecule has 0 aliphatic heterocycles. The summed E-state index contributed by atoms with van der Waals surface area (Å²) < 4.78 is 162. The fourth-order valence-electron chi connectivity index (χ4n) is 5.38. The topological polar surface area (TPSA) is 204 Å². The number of alkyl halides is 10. The van der Waals surface area contributed by atoms with Gasteiger partial charge < -0.3 is 29.6 Å². The molecule has 0 aliphatic rings. The van der Waals surface area contributed by atoms with Gasteiger partial charge in [0.2, 0.25) is 0 Å². The maximum atomic E-state index is 15.0. The van der Waals surface area contributed by atoms with Crippen LogP contribution in [0.15, 0.2) is 39.7 Å². The van der Waals surface area contributed by atoms with E-state index in [0.29, 0.717) is 62.9 Å². The van der Waals surface area contributed by atoms with E-state index in [4.69, 9.17) is 18.9 Å². The monoisotopic (exact) mass is 1050 g/mol. The van der Waals surface area contributed by atoms with Crippen LogP contribution in [0.5, 0.6) is 0 Å². The molecule has 2 N–H and O–H groups in total. The van der Waals surface area contributed by atoms with Gasteiger partial charge in [0, 0.05) is 32.2 Å². The summed E-state index contributed by atoms with van der Waals surface area (Å²) in [5.74, 6) is -18.2. The van der Waals surface area contributed by atoms with Crippen LogP contribution < -0.4 is 27.7 Å². The Hall–Kier alpha value is -4.67. The number of nitrogens with one attached hydrogen (secondary N) is 2. The second kappa shape index (κ2) is 30.8. The first-order chi connectivity index (χ1) is 32.3. The van der Waals surface area contributed by atoms with E-state index in [1.165, 1.54) is 23.5 Å². The van der Waals surface area contributed by atoms with E-state index >= 15 is 0 Å². The lowest BCUT2D eigenvalue weighted by molar-refractivity contribution is -0.485. The van der Waals surface area contributed by atoms with Crippen LogP contribution in [-0.4, -0.2) is 130 Å². The summed E-state index contributed by atoms with van der Waals surface area (Å²) in [6.07, 6.45) is -7.95. The molecule has 0 saturated carbocycles. The van der Waals surface area contributed by atoms with Crippen LogP contribution >= 0.6 is 23.5 Å². The van der Waals surface area contributed by atoms with E-state index in [9.17, 15) is 77.5 Å². The largest absolute Gasteiger partial charge is 0.461 e. The van der Waals surface area contributed by atoms with E-state index in [0.717, 1.165) is 12.2 Å². The Morgan fingerprint density at radius 2 is 0.913 bits per heavy atom. The SMILES string of the molecule is C=CC(=O)OCCNC(=O)OCCCCCCSCCCn1c(=O)n(CCCSCCCCCCOC(=O)NCCOC(=O)C=C)c(=O)n(CC(F)(F)C(F)(F)OC(F)(F)C(F)(F)C(C)(F)F)c1=O. The van der Waals surface area contributed by atoms with Crippen molar-refractivity contribution < 1.29 is 86.8 Å². The number of carbonyl (C=O) groups excluding carboxylic acids is 4. The van der Waals surface area contributed by atoms with Gasteiger partial charge in [0.05, 0.1) is 26.3 Å². The van der Waals surface area contributed by atoms with Crippen molar-refractivity contribution in [3.8, 4) is 0 Å². The zero-order chi connectivity index (χ0) is 52.3. The number of ether oxygens (including phenoxy) is 5. The van der Waals surface area contributed by atoms with Crippen molar-refractivity contribution >= 4 is 47.6 Å². The number of nitrogens with zero attached hydrogens (tertiary/aromatic N) is 3. The van der Waals surface area contributed by atoms with Crippen molar-refractivity contribution in [3.05, 3.63) is 56.8 Å². The van der Waals surface area contributed by atoms with E-state index < -0.39 is 102 Å². The van der Waals surface area contributed by atoms with Crippen molar-refractivity contribution in [3.63, 3.8) is 0 Å². The molecule has 0 fully saturated rings. The molecule has 0 unspecified atom stereocenters. The third kappa shape index (κ3) is 22.3. The van der Waals surface area contributed by atoms with Crippen LogP contribution in [0.3, 0.4) is 0 Å². The van der Waals surface area contributed by atoms with Crippen molar-refractivity contribution in [2.75, 3.05) is 62.5 Å². The van der Waals surface area contributed by atoms with Gasteiger partial charge in [-0.05, 0) is 61.5 Å². The van der Waals surface area contributed by atoms with Crippen LogP contribution in [0, 0.1) is 0 Å². The normalized spacial score (nSPS) is 12.3. The molecule has 0 aromatic carbocycles. The van der Waals surface area contributed by atoms with Crippen LogP contribution in [0.4, 0.5) is 53.5 Å². The van der Waals surface area contributed by atoms with Crippen LogP contribution in [0.2, 0.25) is 0 Å². The number of carbonyl (C=O) groups is 4. The van der Waals surface area contributed by atoms with E-state index in [2.05, 4.69) is 28.5 Å². The minimum absolute atomic E-state index is 0.0137. The van der Waals surface area contributed by atoms with Crippen LogP contribution in [-0.2, 0) is 52.9 Å². The Labute approximate surface area is 398 Å². The predicted molar refractivity (Wildman–Crippen MR) is 233 cm³/mol. The minimum Gasteiger partial charge on any atom is -0.461 e. The number of hydrogen-bond donors (Lipinski definition) is 2. The molecule has 69 heavy (non-hydrogen) atoms. The van der Waals surface area contributed by atoms with Crippen molar-refractivity contribution in [1.29, 1.82) is 0 Å². The second-order valence-corrected chi connectivity index (χ2v) is 17.1. The van der Waals surface area contributed by atoms with Gasteiger partial charge in [-0.2, -0.15) is 67.4 Å². The highest BCUT2D eigenvalue weighted by Gasteiger charge is 2.75. The Morgan fingerprint density at radius 3 is 1.30 bits per heavy atom. The second-order valence-electron chi connectivity index (χ2n) is 14.7. The number of amides is 2. The quantitative estimate of drug-likeness (QED) is 0.0238. The van der Waals surface area contributed by atoms with E-state index in [1.807, 2.05) is 0 Å². The summed E-state index contributed by atoms with van der Waals surface area (Å²) in [5, 5.41) is 4.79. The zero-order valence-electron chi connectivity index (χ0n) is 37.7. The lowest BCUT2D eigenvalue weighted by Crippen LogP contribution is -2.61. The summed E-state index contributed by atoms with van der Waals surface area (Å²) in [6, 6.07) is 0. The Kier molecular flexibility index (Phi) is 27.9. The van der Waals surface area contributed by atoms with E-state index in [1.54, 1.807) is 0 Å². The minimum atomic E-state index is -6.89. The molecule has 396 valence electrons. The average molecular weight is 1050 g/mol. The first kappa shape index (κ1) is 62.3. The number of thioether (sulfide) groups is 2. The Balaban J connectivity index is 2.88. The van der Waals surface area contributed by atoms with Gasteiger partial charge in [0.15, 0.2) is 0 Å². The molecule has 29 heteroatoms. The lowest BCUT2D eigenvalue weighted by Gasteiger charge is -2.34. The lowest BCUT2D eigenvalue weighted by atomic mass is 10.2. The first-order valence-electron chi connectivity index (χ1n) is 21.3. The molecule has 1 aromatic heterocycles. The number of unbranched alkanes of at least 4 members (excludes halogenated alkanes) is 6. The maximum Gasteiger partial charge on any atom is 0.430 e. The molecule has 1 aromatic rings. The van der Waals surface area contributed by atoms with Crippen molar-refractivity contribution in [1.82, 2.24) is 24.3 Å². The number of alkyl carbamates (subject to hydrolysis) is 2. The molecule has 17 nitrogen and oxygen atoms in total. The smallest absolute Gasteiger partial charge is 0.430 e. The predicted octanol–water partition coefficient (Wildman–Crippen LogP) is 6.58. The number of rotatable bonds is 37. The summed E-state index contributed by atoms with van der Waals surface area (Å²) in [7, 11) is 0. The molecule has 0 bridgehead atoms. The molecule has 0 radical (unpaired) electrons. The summed E-state index contributed by atoms with van der Waals surface area (Å²) >= 11 is 2.69. The fourth-order valence-corrected chi connectivity index (χ4v) is 7.27. The van der Waals surface area contributed by atoms with E-state index in [-0.39, 0.29) is 73.0 Å². The molecule has 0 aliphatic carbocycles. The molecule has 1 rings (SSSR count). The Bertz CT molecular complexity index is 1880. The van der Waals surface area contributed by atoms with Gasteiger partial charge in [-0.25, -0.2) is 52.0 Å². The maximum absolute atomic E-state index is 15.0. The summed E-state index contributed by atoms with van der Waals surface area (Å²) in [4.78, 5) is 85.1. The Morgan fingerprint density at radius 1 is 0.536 bits per heavy atom. The highest BCUT2D eigenvalue weighted by atomic mass is 32.2. The van der Waals surface area contributed by atoms with Gasteiger partial charge >= 0.3 is 71.2 Å². The molecule has 2 amide bonds.